The monoisotopic (exact) mass is 530 g/mol. The lowest BCUT2D eigenvalue weighted by Gasteiger charge is -2.21. The van der Waals surface area contributed by atoms with E-state index in [-0.39, 0.29) is 0 Å². The van der Waals surface area contributed by atoms with E-state index >= 15 is 0 Å². The van der Waals surface area contributed by atoms with Gasteiger partial charge in [0.05, 0.1) is 18.2 Å². The maximum atomic E-state index is 12.6. The highest BCUT2D eigenvalue weighted by Gasteiger charge is 2.21. The summed E-state index contributed by atoms with van der Waals surface area (Å²) < 4.78 is 33.8. The minimum Gasteiger partial charge on any atom is -0.457 e. The molecule has 8 nitrogen and oxygen atoms in total. The smallest absolute Gasteiger partial charge is 0.260 e. The Hall–Kier alpha value is -4.37. The average Bonchev–Trinajstić information content (AvgIpc) is 3.16. The normalized spacial score (nSPS) is 11.5. The number of benzene rings is 3. The number of aryl methyl sites for hydroxylation is 2. The van der Waals surface area contributed by atoms with Gasteiger partial charge in [0.2, 0.25) is 10.0 Å². The number of nitrogens with one attached hydrogen (secondary N) is 1. The van der Waals surface area contributed by atoms with E-state index in [2.05, 4.69) is 21.2 Å². The van der Waals surface area contributed by atoms with Crippen LogP contribution < -0.4 is 14.5 Å². The van der Waals surface area contributed by atoms with Crippen LogP contribution in [0.4, 0.5) is 5.69 Å². The predicted octanol–water partition coefficient (Wildman–Crippen LogP) is 5.11. The summed E-state index contributed by atoms with van der Waals surface area (Å²) in [6.07, 6.45) is 2.62. The molecule has 0 saturated carbocycles. The largest absolute Gasteiger partial charge is 0.457 e. The minimum atomic E-state index is -3.73. The van der Waals surface area contributed by atoms with Crippen molar-refractivity contribution in [2.24, 2.45) is 5.10 Å². The molecule has 0 radical (unpaired) electrons. The van der Waals surface area contributed by atoms with Crippen molar-refractivity contribution in [3.8, 4) is 17.2 Å². The van der Waals surface area contributed by atoms with E-state index in [1.165, 1.54) is 0 Å². The molecule has 4 rings (SSSR count). The van der Waals surface area contributed by atoms with Gasteiger partial charge in [0.15, 0.2) is 0 Å². The number of ether oxygens (including phenoxy) is 1. The maximum absolute atomic E-state index is 12.6. The first-order valence-electron chi connectivity index (χ1n) is 12.0. The molecule has 1 amide bonds. The Morgan fingerprint density at radius 3 is 2.29 bits per heavy atom. The van der Waals surface area contributed by atoms with Crippen molar-refractivity contribution in [1.29, 1.82) is 0 Å². The number of para-hydroxylation sites is 1. The molecular formula is C29H30N4O4S. The lowest BCUT2D eigenvalue weighted by atomic mass is 10.2. The van der Waals surface area contributed by atoms with Crippen LogP contribution in [0.15, 0.2) is 90.0 Å². The molecule has 196 valence electrons. The second kappa shape index (κ2) is 11.4. The van der Waals surface area contributed by atoms with Gasteiger partial charge in [0.1, 0.15) is 18.0 Å². The van der Waals surface area contributed by atoms with Crippen LogP contribution in [0.3, 0.4) is 0 Å². The Bertz CT molecular complexity index is 1560. The highest BCUT2D eigenvalue weighted by molar-refractivity contribution is 7.92. The molecule has 1 heterocycles. The number of hydrogen-bond acceptors (Lipinski definition) is 5. The van der Waals surface area contributed by atoms with Crippen LogP contribution in [0.2, 0.25) is 0 Å². The standard InChI is InChI=1S/C29H30N4O4S/c1-21-9-8-10-26(17-21)33-22(2)18-24(23(33)3)19-30-31-29(34)20-32(38(4,35)36)25-13-15-28(16-14-25)37-27-11-6-5-7-12-27/h5-19H,20H2,1-4H3,(H,31,34)/b30-19+. The van der Waals surface area contributed by atoms with Crippen molar-refractivity contribution < 1.29 is 17.9 Å². The summed E-state index contributed by atoms with van der Waals surface area (Å²) in [4.78, 5) is 12.6. The van der Waals surface area contributed by atoms with Gasteiger partial charge in [-0.05, 0) is 80.9 Å². The van der Waals surface area contributed by atoms with Gasteiger partial charge in [-0.2, -0.15) is 5.10 Å². The first-order valence-corrected chi connectivity index (χ1v) is 13.9. The van der Waals surface area contributed by atoms with Crippen molar-refractivity contribution in [2.75, 3.05) is 17.1 Å². The molecular weight excluding hydrogens is 500 g/mol. The van der Waals surface area contributed by atoms with E-state index in [0.717, 1.165) is 38.8 Å². The Balaban J connectivity index is 1.43. The summed E-state index contributed by atoms with van der Waals surface area (Å²) in [5.74, 6) is 0.645. The van der Waals surface area contributed by atoms with Crippen molar-refractivity contribution in [1.82, 2.24) is 9.99 Å². The summed E-state index contributed by atoms with van der Waals surface area (Å²) in [7, 11) is -3.73. The quantitative estimate of drug-likeness (QED) is 0.240. The fraction of sp³-hybridized carbons (Fsp3) is 0.172. The van der Waals surface area contributed by atoms with Crippen LogP contribution in [-0.2, 0) is 14.8 Å². The summed E-state index contributed by atoms with van der Waals surface area (Å²) >= 11 is 0. The maximum Gasteiger partial charge on any atom is 0.260 e. The number of rotatable bonds is 9. The zero-order valence-electron chi connectivity index (χ0n) is 21.8. The lowest BCUT2D eigenvalue weighted by Crippen LogP contribution is -2.39. The highest BCUT2D eigenvalue weighted by atomic mass is 32.2. The van der Waals surface area contributed by atoms with E-state index in [9.17, 15) is 13.2 Å². The minimum absolute atomic E-state index is 0.341. The van der Waals surface area contributed by atoms with Crippen LogP contribution in [-0.4, -0.2) is 37.9 Å². The van der Waals surface area contributed by atoms with Crippen LogP contribution in [0, 0.1) is 20.8 Å². The van der Waals surface area contributed by atoms with Crippen molar-refractivity contribution in [3.63, 3.8) is 0 Å². The molecule has 9 heteroatoms. The van der Waals surface area contributed by atoms with Crippen molar-refractivity contribution in [2.45, 2.75) is 20.8 Å². The van der Waals surface area contributed by atoms with Gasteiger partial charge in [-0.1, -0.05) is 30.3 Å². The average molecular weight is 531 g/mol. The molecule has 1 N–H and O–H groups in total. The number of amides is 1. The SMILES string of the molecule is Cc1cccc(-n2c(C)cc(/C=N/NC(=O)CN(c3ccc(Oc4ccccc4)cc3)S(C)(=O)=O)c2C)c1. The van der Waals surface area contributed by atoms with E-state index < -0.39 is 22.5 Å². The number of hydrogen-bond donors (Lipinski definition) is 1. The van der Waals surface area contributed by atoms with E-state index in [4.69, 9.17) is 4.74 Å². The summed E-state index contributed by atoms with van der Waals surface area (Å²) in [6, 6.07) is 25.9. The zero-order chi connectivity index (χ0) is 27.3. The molecule has 0 aliphatic heterocycles. The second-order valence-electron chi connectivity index (χ2n) is 8.97. The number of carbonyl (C=O) groups excluding carboxylic acids is 1. The Morgan fingerprint density at radius 1 is 0.947 bits per heavy atom. The van der Waals surface area contributed by atoms with Crippen LogP contribution >= 0.6 is 0 Å². The van der Waals surface area contributed by atoms with E-state index in [0.29, 0.717) is 17.2 Å². The molecule has 38 heavy (non-hydrogen) atoms. The molecule has 0 saturated heterocycles. The summed E-state index contributed by atoms with van der Waals surface area (Å²) in [5.41, 5.74) is 7.84. The Morgan fingerprint density at radius 2 is 1.63 bits per heavy atom. The van der Waals surface area contributed by atoms with Gasteiger partial charge in [-0.3, -0.25) is 9.10 Å². The topological polar surface area (TPSA) is 93.0 Å². The molecule has 0 aliphatic rings. The molecule has 0 bridgehead atoms. The Kier molecular flexibility index (Phi) is 7.97. The third kappa shape index (κ3) is 6.49. The van der Waals surface area contributed by atoms with Crippen LogP contribution in [0.1, 0.15) is 22.5 Å². The van der Waals surface area contributed by atoms with Crippen molar-refractivity contribution >= 4 is 27.8 Å². The molecule has 3 aromatic carbocycles. The fourth-order valence-corrected chi connectivity index (χ4v) is 4.98. The third-order valence-corrected chi connectivity index (χ3v) is 7.05. The number of carbonyl (C=O) groups is 1. The number of anilines is 1. The second-order valence-corrected chi connectivity index (χ2v) is 10.9. The summed E-state index contributed by atoms with van der Waals surface area (Å²) in [6.45, 7) is 5.61. The van der Waals surface area contributed by atoms with Gasteiger partial charge in [-0.25, -0.2) is 13.8 Å². The van der Waals surface area contributed by atoms with Gasteiger partial charge in [-0.15, -0.1) is 0 Å². The van der Waals surface area contributed by atoms with E-state index in [1.807, 2.05) is 75.4 Å². The molecule has 0 atom stereocenters. The van der Waals surface area contributed by atoms with Crippen LogP contribution in [0.25, 0.3) is 5.69 Å². The first kappa shape index (κ1) is 26.7. The fourth-order valence-electron chi connectivity index (χ4n) is 4.13. The zero-order valence-corrected chi connectivity index (χ0v) is 22.6. The number of aromatic nitrogens is 1. The highest BCUT2D eigenvalue weighted by Crippen LogP contribution is 2.25. The number of nitrogens with zero attached hydrogens (tertiary/aromatic N) is 3. The molecule has 4 aromatic rings. The number of sulfonamides is 1. The van der Waals surface area contributed by atoms with Crippen LogP contribution in [0.5, 0.6) is 11.5 Å². The lowest BCUT2D eigenvalue weighted by molar-refractivity contribution is -0.119. The van der Waals surface area contributed by atoms with Gasteiger partial charge in [0.25, 0.3) is 5.91 Å². The predicted molar refractivity (Wildman–Crippen MR) is 151 cm³/mol. The van der Waals surface area contributed by atoms with Gasteiger partial charge in [0, 0.05) is 22.6 Å². The first-order chi connectivity index (χ1) is 18.1. The van der Waals surface area contributed by atoms with E-state index in [1.54, 1.807) is 30.5 Å². The number of hydrazone groups is 1. The molecule has 1 aromatic heterocycles. The van der Waals surface area contributed by atoms with Crippen molar-refractivity contribution in [3.05, 3.63) is 107 Å². The Labute approximate surface area is 223 Å². The van der Waals surface area contributed by atoms with Gasteiger partial charge < -0.3 is 9.30 Å². The molecule has 0 spiro atoms. The molecule has 0 unspecified atom stereocenters. The molecule has 0 fully saturated rings. The molecule has 0 aliphatic carbocycles. The van der Waals surface area contributed by atoms with Gasteiger partial charge >= 0.3 is 0 Å². The summed E-state index contributed by atoms with van der Waals surface area (Å²) in [5, 5.41) is 4.08. The third-order valence-electron chi connectivity index (χ3n) is 5.91.